The molecule has 140 valence electrons. The first kappa shape index (κ1) is 18.8. The molecule has 2 aromatic heterocycles. The van der Waals surface area contributed by atoms with Crippen LogP contribution in [0.25, 0.3) is 22.3 Å². The summed E-state index contributed by atoms with van der Waals surface area (Å²) in [5.74, 6) is 0.941. The second-order valence-electron chi connectivity index (χ2n) is 5.48. The number of benzene rings is 1. The van der Waals surface area contributed by atoms with Crippen LogP contribution < -0.4 is 15.8 Å². The molecule has 4 N–H and O–H groups in total. The van der Waals surface area contributed by atoms with Gasteiger partial charge in [0, 0.05) is 40.8 Å². The summed E-state index contributed by atoms with van der Waals surface area (Å²) < 4.78 is 28.6. The van der Waals surface area contributed by atoms with Gasteiger partial charge in [-0.2, -0.15) is 4.21 Å². The third-order valence-corrected chi connectivity index (χ3v) is 4.15. The molecule has 0 spiro atoms. The molecule has 3 aromatic rings. The maximum absolute atomic E-state index is 10.5. The Bertz CT molecular complexity index is 933. The van der Waals surface area contributed by atoms with Crippen LogP contribution in [0.1, 0.15) is 0 Å². The normalized spacial score (nSPS) is 11.8. The summed E-state index contributed by atoms with van der Waals surface area (Å²) in [6, 6.07) is 13.1. The molecule has 2 heterocycles. The summed E-state index contributed by atoms with van der Waals surface area (Å²) in [5, 5.41) is 2.88. The van der Waals surface area contributed by atoms with Crippen LogP contribution in [0.2, 0.25) is 0 Å². The molecule has 0 fully saturated rings. The third-order valence-electron chi connectivity index (χ3n) is 3.83. The molecule has 0 radical (unpaired) electrons. The fourth-order valence-corrected chi connectivity index (χ4v) is 2.63. The molecule has 0 bridgehead atoms. The van der Waals surface area contributed by atoms with Gasteiger partial charge in [0.25, 0.3) is 0 Å². The maximum Gasteiger partial charge on any atom is 0.303 e. The van der Waals surface area contributed by atoms with E-state index in [0.29, 0.717) is 11.7 Å². The van der Waals surface area contributed by atoms with Crippen molar-refractivity contribution in [2.24, 2.45) is 0 Å². The number of nitrogen functional groups attached to an aromatic ring is 1. The Labute approximate surface area is 158 Å². The lowest BCUT2D eigenvalue weighted by Gasteiger charge is -2.10. The van der Waals surface area contributed by atoms with Gasteiger partial charge in [-0.25, -0.2) is 14.2 Å². The molecule has 3 rings (SSSR count). The number of nitrogens with two attached hydrogens (primary N) is 1. The molecule has 0 saturated carbocycles. The zero-order valence-corrected chi connectivity index (χ0v) is 15.3. The number of pyridine rings is 2. The van der Waals surface area contributed by atoms with E-state index in [1.54, 1.807) is 25.6 Å². The quantitative estimate of drug-likeness (QED) is 0.419. The topological polar surface area (TPSA) is 120 Å². The van der Waals surface area contributed by atoms with Crippen molar-refractivity contribution in [3.8, 4) is 28.1 Å². The second-order valence-corrected chi connectivity index (χ2v) is 6.15. The van der Waals surface area contributed by atoms with Gasteiger partial charge in [0.1, 0.15) is 12.5 Å². The highest BCUT2D eigenvalue weighted by molar-refractivity contribution is 7.74. The van der Waals surface area contributed by atoms with E-state index in [1.165, 1.54) is 0 Å². The van der Waals surface area contributed by atoms with Crippen LogP contribution in [0.15, 0.2) is 54.9 Å². The van der Waals surface area contributed by atoms with Crippen molar-refractivity contribution in [2.45, 2.75) is 0 Å². The number of hydrogen-bond donors (Lipinski definition) is 3. The number of nitrogens with one attached hydrogen (secondary N) is 1. The number of ether oxygens (including phenoxy) is 1. The zero-order valence-electron chi connectivity index (χ0n) is 14.5. The van der Waals surface area contributed by atoms with E-state index in [-0.39, 0.29) is 6.73 Å². The predicted molar refractivity (Wildman–Crippen MR) is 104 cm³/mol. The van der Waals surface area contributed by atoms with Crippen LogP contribution in [0.5, 0.6) is 5.88 Å². The number of anilines is 2. The van der Waals surface area contributed by atoms with Crippen molar-refractivity contribution in [2.75, 3.05) is 24.9 Å². The molecule has 1 aromatic carbocycles. The van der Waals surface area contributed by atoms with E-state index < -0.39 is 11.4 Å². The van der Waals surface area contributed by atoms with Gasteiger partial charge in [0.15, 0.2) is 0 Å². The van der Waals surface area contributed by atoms with E-state index in [2.05, 4.69) is 19.5 Å². The molecule has 27 heavy (non-hydrogen) atoms. The van der Waals surface area contributed by atoms with E-state index in [9.17, 15) is 4.21 Å². The van der Waals surface area contributed by atoms with Crippen LogP contribution >= 0.6 is 0 Å². The van der Waals surface area contributed by atoms with Crippen molar-refractivity contribution in [3.05, 3.63) is 54.9 Å². The highest BCUT2D eigenvalue weighted by Gasteiger charge is 2.08. The smallest absolute Gasteiger partial charge is 0.303 e. The van der Waals surface area contributed by atoms with Crippen LogP contribution in [0.3, 0.4) is 0 Å². The first-order valence-electron chi connectivity index (χ1n) is 7.91. The molecule has 1 unspecified atom stereocenters. The first-order valence-corrected chi connectivity index (χ1v) is 8.94. The van der Waals surface area contributed by atoms with Gasteiger partial charge in [-0.3, -0.25) is 4.55 Å². The molecular weight excluding hydrogens is 368 g/mol. The van der Waals surface area contributed by atoms with Gasteiger partial charge in [-0.05, 0) is 29.8 Å². The lowest BCUT2D eigenvalue weighted by atomic mass is 10.0. The van der Waals surface area contributed by atoms with Crippen LogP contribution in [0.4, 0.5) is 11.5 Å². The van der Waals surface area contributed by atoms with Crippen LogP contribution in [0, 0.1) is 0 Å². The summed E-state index contributed by atoms with van der Waals surface area (Å²) in [7, 11) is 1.56. The fourth-order valence-electron chi connectivity index (χ4n) is 2.47. The zero-order chi connectivity index (χ0) is 19.2. The monoisotopic (exact) mass is 386 g/mol. The average molecular weight is 386 g/mol. The number of methoxy groups -OCH3 is 1. The van der Waals surface area contributed by atoms with Crippen LogP contribution in [-0.4, -0.2) is 32.6 Å². The van der Waals surface area contributed by atoms with Gasteiger partial charge in [0.05, 0.1) is 7.11 Å². The molecule has 1 atom stereocenters. The predicted octanol–water partition coefficient (Wildman–Crippen LogP) is 2.92. The molecule has 0 aliphatic carbocycles. The first-order chi connectivity index (χ1) is 13.1. The van der Waals surface area contributed by atoms with E-state index >= 15 is 0 Å². The lowest BCUT2D eigenvalue weighted by Crippen LogP contribution is -2.07. The molecular formula is C18H18N4O4S. The Hall–Kier alpha value is -3.01. The SMILES string of the molecule is COc1ccc(-c2cc(-c3ccc(NCOS(=O)O)cc3)cnc2N)cn1. The van der Waals surface area contributed by atoms with Gasteiger partial charge in [-0.1, -0.05) is 12.1 Å². The van der Waals surface area contributed by atoms with Gasteiger partial charge < -0.3 is 15.8 Å². The summed E-state index contributed by atoms with van der Waals surface area (Å²) in [5.41, 5.74) is 10.3. The molecule has 0 aliphatic rings. The number of rotatable bonds is 7. The Morgan fingerprint density at radius 3 is 2.41 bits per heavy atom. The summed E-state index contributed by atoms with van der Waals surface area (Å²) in [6.45, 7) is -0.0689. The van der Waals surface area contributed by atoms with Crippen molar-refractivity contribution in [1.82, 2.24) is 9.97 Å². The standard InChI is InChI=1S/C18H18N4O4S/c1-25-17-7-4-13(9-20-17)16-8-14(10-21-18(16)19)12-2-5-15(6-3-12)22-11-26-27(23)24/h2-10,22H,11H2,1H3,(H2,19,21)(H,23,24). The summed E-state index contributed by atoms with van der Waals surface area (Å²) >= 11 is -2.29. The van der Waals surface area contributed by atoms with Crippen molar-refractivity contribution in [3.63, 3.8) is 0 Å². The largest absolute Gasteiger partial charge is 0.481 e. The Morgan fingerprint density at radius 1 is 1.07 bits per heavy atom. The van der Waals surface area contributed by atoms with Crippen molar-refractivity contribution >= 4 is 22.9 Å². The van der Waals surface area contributed by atoms with E-state index in [1.807, 2.05) is 36.4 Å². The number of hydrogen-bond acceptors (Lipinski definition) is 7. The van der Waals surface area contributed by atoms with E-state index in [4.69, 9.17) is 15.0 Å². The summed E-state index contributed by atoms with van der Waals surface area (Å²) in [4.78, 5) is 8.49. The second kappa shape index (κ2) is 8.58. The average Bonchev–Trinajstić information content (AvgIpc) is 2.69. The van der Waals surface area contributed by atoms with Crippen molar-refractivity contribution < 1.29 is 17.7 Å². The minimum Gasteiger partial charge on any atom is -0.481 e. The van der Waals surface area contributed by atoms with Gasteiger partial charge in [0.2, 0.25) is 5.88 Å². The number of nitrogens with zero attached hydrogens (tertiary/aromatic N) is 2. The molecule has 0 amide bonds. The van der Waals surface area contributed by atoms with Crippen LogP contribution in [-0.2, 0) is 15.5 Å². The lowest BCUT2D eigenvalue weighted by molar-refractivity contribution is 0.330. The van der Waals surface area contributed by atoms with Crippen molar-refractivity contribution in [1.29, 1.82) is 0 Å². The third kappa shape index (κ3) is 4.79. The highest BCUT2D eigenvalue weighted by Crippen LogP contribution is 2.30. The van der Waals surface area contributed by atoms with Gasteiger partial charge in [-0.15, -0.1) is 0 Å². The van der Waals surface area contributed by atoms with Gasteiger partial charge >= 0.3 is 11.4 Å². The molecule has 8 nitrogen and oxygen atoms in total. The summed E-state index contributed by atoms with van der Waals surface area (Å²) in [6.07, 6.45) is 3.39. The Morgan fingerprint density at radius 2 is 1.78 bits per heavy atom. The minimum absolute atomic E-state index is 0.0689. The van der Waals surface area contributed by atoms with E-state index in [0.717, 1.165) is 27.9 Å². The molecule has 0 aliphatic heterocycles. The molecule has 0 saturated heterocycles. The highest BCUT2D eigenvalue weighted by atomic mass is 32.2. The Kier molecular flexibility index (Phi) is 5.97. The fraction of sp³-hybridized carbons (Fsp3) is 0.111. The number of aromatic nitrogens is 2. The minimum atomic E-state index is -2.29. The molecule has 9 heteroatoms. The Balaban J connectivity index is 1.81. The maximum atomic E-state index is 10.5.